The number of nitrogens with one attached hydrogen (secondary N) is 1. The lowest BCUT2D eigenvalue weighted by Crippen LogP contribution is -2.34. The highest BCUT2D eigenvalue weighted by Crippen LogP contribution is 2.32. The molecule has 2 N–H and O–H groups in total. The first-order chi connectivity index (χ1) is 9.26. The van der Waals surface area contributed by atoms with Gasteiger partial charge >= 0.3 is 0 Å². The first-order valence-electron chi connectivity index (χ1n) is 7.36. The predicted molar refractivity (Wildman–Crippen MR) is 77.6 cm³/mol. The van der Waals surface area contributed by atoms with Crippen LogP contribution in [0.5, 0.6) is 5.75 Å². The summed E-state index contributed by atoms with van der Waals surface area (Å²) in [6.07, 6.45) is 1.83. The number of aliphatic hydroxyl groups excluding tert-OH is 1. The van der Waals surface area contributed by atoms with Crippen LogP contribution in [0.25, 0.3) is 0 Å². The molecule has 2 rings (SSSR count). The second kappa shape index (κ2) is 6.92. The van der Waals surface area contributed by atoms with Crippen LogP contribution in [-0.2, 0) is 0 Å². The maximum absolute atomic E-state index is 10.1. The lowest BCUT2D eigenvalue weighted by molar-refractivity contribution is 0.101. The van der Waals surface area contributed by atoms with Crippen LogP contribution in [0.1, 0.15) is 38.2 Å². The van der Waals surface area contributed by atoms with Crippen LogP contribution in [0.3, 0.4) is 0 Å². The maximum atomic E-state index is 10.1. The summed E-state index contributed by atoms with van der Waals surface area (Å²) in [5, 5.41) is 13.5. The van der Waals surface area contributed by atoms with Crippen molar-refractivity contribution >= 4 is 0 Å². The van der Waals surface area contributed by atoms with Crippen LogP contribution in [0.15, 0.2) is 24.3 Å². The molecular formula is C16H25NO2. The average molecular weight is 263 g/mol. The second-order valence-corrected chi connectivity index (χ2v) is 5.35. The van der Waals surface area contributed by atoms with E-state index in [1.807, 2.05) is 12.1 Å². The highest BCUT2D eigenvalue weighted by molar-refractivity contribution is 5.39. The molecule has 0 aromatic heterocycles. The lowest BCUT2D eigenvalue weighted by Gasteiger charge is -2.21. The van der Waals surface area contributed by atoms with Gasteiger partial charge in [0.15, 0.2) is 0 Å². The molecule has 1 aromatic carbocycles. The van der Waals surface area contributed by atoms with Crippen molar-refractivity contribution in [3.8, 4) is 5.75 Å². The van der Waals surface area contributed by atoms with E-state index in [1.165, 1.54) is 5.56 Å². The summed E-state index contributed by atoms with van der Waals surface area (Å²) in [6.45, 7) is 6.56. The summed E-state index contributed by atoms with van der Waals surface area (Å²) in [4.78, 5) is 0. The van der Waals surface area contributed by atoms with Crippen molar-refractivity contribution in [2.45, 2.75) is 38.7 Å². The van der Waals surface area contributed by atoms with E-state index in [4.69, 9.17) is 4.74 Å². The van der Waals surface area contributed by atoms with E-state index in [1.54, 1.807) is 0 Å². The van der Waals surface area contributed by atoms with Crippen molar-refractivity contribution in [1.29, 1.82) is 0 Å². The number of benzene rings is 1. The number of ether oxygens (including phenoxy) is 1. The lowest BCUT2D eigenvalue weighted by atomic mass is 9.96. The van der Waals surface area contributed by atoms with Gasteiger partial charge in [-0.2, -0.15) is 0 Å². The molecular weight excluding hydrogens is 238 g/mol. The zero-order valence-corrected chi connectivity index (χ0v) is 11.9. The van der Waals surface area contributed by atoms with E-state index in [9.17, 15) is 5.11 Å². The number of hydrogen-bond acceptors (Lipinski definition) is 3. The molecule has 0 fully saturated rings. The molecule has 1 aliphatic heterocycles. The first kappa shape index (κ1) is 14.4. The minimum absolute atomic E-state index is 0.243. The van der Waals surface area contributed by atoms with Gasteiger partial charge in [0.25, 0.3) is 0 Å². The van der Waals surface area contributed by atoms with Gasteiger partial charge in [0.05, 0.1) is 12.7 Å². The summed E-state index contributed by atoms with van der Waals surface area (Å²) < 4.78 is 5.66. The Hall–Kier alpha value is -1.06. The van der Waals surface area contributed by atoms with Gasteiger partial charge in [0.1, 0.15) is 5.75 Å². The monoisotopic (exact) mass is 263 g/mol. The molecule has 0 spiro atoms. The van der Waals surface area contributed by atoms with E-state index in [-0.39, 0.29) is 6.10 Å². The fourth-order valence-electron chi connectivity index (χ4n) is 2.80. The van der Waals surface area contributed by atoms with Crippen molar-refractivity contribution in [2.24, 2.45) is 5.92 Å². The van der Waals surface area contributed by atoms with Gasteiger partial charge in [-0.3, -0.25) is 0 Å². The number of rotatable bonds is 7. The minimum atomic E-state index is -0.243. The Morgan fingerprint density at radius 1 is 1.32 bits per heavy atom. The molecule has 1 aromatic rings. The van der Waals surface area contributed by atoms with Crippen molar-refractivity contribution in [2.75, 3.05) is 19.7 Å². The smallest absolute Gasteiger partial charge is 0.122 e. The van der Waals surface area contributed by atoms with Crippen molar-refractivity contribution in [1.82, 2.24) is 5.32 Å². The standard InChI is InChI=1S/C16H25NO2/c1-3-12(4-2)15(18)10-17-9-13-11-19-16-8-6-5-7-14(13)16/h5-8,12-13,15,17-18H,3-4,9-11H2,1-2H3. The molecule has 2 unspecified atom stereocenters. The van der Waals surface area contributed by atoms with Gasteiger partial charge in [-0.1, -0.05) is 44.9 Å². The Labute approximate surface area is 116 Å². The molecule has 1 aliphatic rings. The SMILES string of the molecule is CCC(CC)C(O)CNCC1COc2ccccc21. The first-order valence-corrected chi connectivity index (χ1v) is 7.36. The number of hydrogen-bond donors (Lipinski definition) is 2. The largest absolute Gasteiger partial charge is 0.493 e. The molecule has 0 bridgehead atoms. The van der Waals surface area contributed by atoms with Crippen LogP contribution in [-0.4, -0.2) is 30.9 Å². The van der Waals surface area contributed by atoms with E-state index < -0.39 is 0 Å². The molecule has 0 aliphatic carbocycles. The normalized spacial score (nSPS) is 19.3. The zero-order chi connectivity index (χ0) is 13.7. The Balaban J connectivity index is 1.78. The van der Waals surface area contributed by atoms with E-state index in [0.29, 0.717) is 18.4 Å². The average Bonchev–Trinajstić information content (AvgIpc) is 2.84. The molecule has 1 heterocycles. The molecule has 3 heteroatoms. The van der Waals surface area contributed by atoms with Crippen molar-refractivity contribution in [3.63, 3.8) is 0 Å². The number of aliphatic hydroxyl groups is 1. The van der Waals surface area contributed by atoms with Crippen LogP contribution in [0.4, 0.5) is 0 Å². The molecule has 106 valence electrons. The third-order valence-electron chi connectivity index (χ3n) is 4.14. The summed E-state index contributed by atoms with van der Waals surface area (Å²) in [5.74, 6) is 1.82. The van der Waals surface area contributed by atoms with Gasteiger partial charge in [0.2, 0.25) is 0 Å². The fourth-order valence-corrected chi connectivity index (χ4v) is 2.80. The molecule has 3 nitrogen and oxygen atoms in total. The topological polar surface area (TPSA) is 41.5 Å². The van der Waals surface area contributed by atoms with Gasteiger partial charge in [-0.05, 0) is 12.0 Å². The number of fused-ring (bicyclic) bond motifs is 1. The van der Waals surface area contributed by atoms with Gasteiger partial charge in [0, 0.05) is 24.6 Å². The van der Waals surface area contributed by atoms with Crippen LogP contribution in [0.2, 0.25) is 0 Å². The number of para-hydroxylation sites is 1. The summed E-state index contributed by atoms with van der Waals surface area (Å²) in [6, 6.07) is 8.21. The molecule has 2 atom stereocenters. The van der Waals surface area contributed by atoms with Gasteiger partial charge < -0.3 is 15.2 Å². The Bertz CT molecular complexity index is 390. The third-order valence-corrected chi connectivity index (χ3v) is 4.14. The Morgan fingerprint density at radius 3 is 2.79 bits per heavy atom. The molecule has 19 heavy (non-hydrogen) atoms. The minimum Gasteiger partial charge on any atom is -0.493 e. The summed E-state index contributed by atoms with van der Waals surface area (Å²) >= 11 is 0. The Morgan fingerprint density at radius 2 is 2.05 bits per heavy atom. The van der Waals surface area contributed by atoms with E-state index in [2.05, 4.69) is 31.3 Å². The quantitative estimate of drug-likeness (QED) is 0.794. The third kappa shape index (κ3) is 3.48. The van der Waals surface area contributed by atoms with Crippen molar-refractivity contribution in [3.05, 3.63) is 29.8 Å². The molecule has 0 amide bonds. The molecule has 0 radical (unpaired) electrons. The summed E-state index contributed by atoms with van der Waals surface area (Å²) in [7, 11) is 0. The predicted octanol–water partition coefficient (Wildman–Crippen LogP) is 2.55. The van der Waals surface area contributed by atoms with Gasteiger partial charge in [-0.25, -0.2) is 0 Å². The molecule has 0 saturated heterocycles. The van der Waals surface area contributed by atoms with Gasteiger partial charge in [-0.15, -0.1) is 0 Å². The van der Waals surface area contributed by atoms with Crippen LogP contribution in [0, 0.1) is 5.92 Å². The van der Waals surface area contributed by atoms with E-state index >= 15 is 0 Å². The highest BCUT2D eigenvalue weighted by atomic mass is 16.5. The second-order valence-electron chi connectivity index (χ2n) is 5.35. The molecule has 0 saturated carbocycles. The zero-order valence-electron chi connectivity index (χ0n) is 11.9. The van der Waals surface area contributed by atoms with E-state index in [0.717, 1.165) is 31.7 Å². The van der Waals surface area contributed by atoms with Crippen LogP contribution < -0.4 is 10.1 Å². The fraction of sp³-hybridized carbons (Fsp3) is 0.625. The van der Waals surface area contributed by atoms with Crippen molar-refractivity contribution < 1.29 is 9.84 Å². The van der Waals surface area contributed by atoms with Crippen LogP contribution >= 0.6 is 0 Å². The summed E-state index contributed by atoms with van der Waals surface area (Å²) in [5.41, 5.74) is 1.28. The Kier molecular flexibility index (Phi) is 5.23. The highest BCUT2D eigenvalue weighted by Gasteiger charge is 2.23. The maximum Gasteiger partial charge on any atom is 0.122 e.